The predicted octanol–water partition coefficient (Wildman–Crippen LogP) is 2.34. The van der Waals surface area contributed by atoms with E-state index in [1.165, 1.54) is 6.42 Å². The zero-order valence-electron chi connectivity index (χ0n) is 10.5. The highest BCUT2D eigenvalue weighted by molar-refractivity contribution is 5.17. The summed E-state index contributed by atoms with van der Waals surface area (Å²) in [6.07, 6.45) is 6.44. The molecule has 3 saturated carbocycles. The predicted molar refractivity (Wildman–Crippen MR) is 62.9 cm³/mol. The van der Waals surface area contributed by atoms with Crippen molar-refractivity contribution in [3.05, 3.63) is 0 Å². The molecule has 0 unspecified atom stereocenters. The zero-order valence-corrected chi connectivity index (χ0v) is 10.5. The molecule has 0 aromatic heterocycles. The quantitative estimate of drug-likeness (QED) is 0.717. The van der Waals surface area contributed by atoms with Gasteiger partial charge in [-0.1, -0.05) is 13.8 Å². The molecule has 4 atom stereocenters. The Bertz CT molecular complexity index is 312. The van der Waals surface area contributed by atoms with E-state index in [4.69, 9.17) is 0 Å². The molecule has 3 fully saturated rings. The van der Waals surface area contributed by atoms with Crippen LogP contribution in [0, 0.1) is 22.7 Å². The van der Waals surface area contributed by atoms with Gasteiger partial charge in [-0.25, -0.2) is 0 Å². The maximum absolute atomic E-state index is 11.0. The average molecular weight is 224 g/mol. The van der Waals surface area contributed by atoms with Crippen LogP contribution < -0.4 is 0 Å². The van der Waals surface area contributed by atoms with Gasteiger partial charge in [-0.15, -0.1) is 0 Å². The topological polar surface area (TPSA) is 40.5 Å². The van der Waals surface area contributed by atoms with Crippen LogP contribution in [-0.2, 0) is 0 Å². The molecule has 2 heteroatoms. The van der Waals surface area contributed by atoms with E-state index in [1.54, 1.807) is 0 Å². The van der Waals surface area contributed by atoms with Crippen molar-refractivity contribution < 1.29 is 10.2 Å². The van der Waals surface area contributed by atoms with E-state index < -0.39 is 5.60 Å². The molecule has 2 nitrogen and oxygen atoms in total. The fraction of sp³-hybridized carbons (Fsp3) is 1.00. The first kappa shape index (κ1) is 11.0. The lowest BCUT2D eigenvalue weighted by molar-refractivity contribution is -0.234. The van der Waals surface area contributed by atoms with Crippen LogP contribution in [0.2, 0.25) is 0 Å². The summed E-state index contributed by atoms with van der Waals surface area (Å²) in [5.74, 6) is 1.15. The van der Waals surface area contributed by atoms with Gasteiger partial charge in [0, 0.05) is 5.41 Å². The summed E-state index contributed by atoms with van der Waals surface area (Å²) in [5.41, 5.74) is -0.268. The van der Waals surface area contributed by atoms with E-state index in [0.29, 0.717) is 17.3 Å². The minimum absolute atomic E-state index is 0.148. The first-order valence-corrected chi connectivity index (χ1v) is 6.78. The third-order valence-electron chi connectivity index (χ3n) is 6.22. The number of fused-ring (bicyclic) bond motifs is 3. The second-order valence-electron chi connectivity index (χ2n) is 7.16. The van der Waals surface area contributed by atoms with Crippen molar-refractivity contribution in [3.8, 4) is 0 Å². The molecule has 0 bridgehead atoms. The maximum atomic E-state index is 11.0. The van der Waals surface area contributed by atoms with E-state index >= 15 is 0 Å². The lowest BCUT2D eigenvalue weighted by atomic mass is 9.42. The summed E-state index contributed by atoms with van der Waals surface area (Å²) in [6, 6.07) is 0. The molecular weight excluding hydrogens is 200 g/mol. The minimum Gasteiger partial charge on any atom is -0.396 e. The first-order valence-electron chi connectivity index (χ1n) is 6.78. The molecule has 0 aromatic carbocycles. The van der Waals surface area contributed by atoms with Gasteiger partial charge in [0.1, 0.15) is 0 Å². The summed E-state index contributed by atoms with van der Waals surface area (Å²) in [4.78, 5) is 0. The average Bonchev–Trinajstić information content (AvgIpc) is 2.55. The number of aliphatic hydroxyl groups is 2. The second kappa shape index (κ2) is 3.02. The summed E-state index contributed by atoms with van der Waals surface area (Å²) >= 11 is 0. The smallest absolute Gasteiger partial charge is 0.0756 e. The van der Waals surface area contributed by atoms with Crippen molar-refractivity contribution in [1.29, 1.82) is 0 Å². The van der Waals surface area contributed by atoms with E-state index in [9.17, 15) is 10.2 Å². The fourth-order valence-corrected chi connectivity index (χ4v) is 5.16. The highest BCUT2D eigenvalue weighted by atomic mass is 16.3. The molecule has 0 saturated heterocycles. The van der Waals surface area contributed by atoms with Gasteiger partial charge < -0.3 is 10.2 Å². The molecule has 92 valence electrons. The van der Waals surface area contributed by atoms with E-state index in [1.807, 2.05) is 0 Å². The fourth-order valence-electron chi connectivity index (χ4n) is 5.16. The molecule has 3 rings (SSSR count). The molecule has 3 aliphatic rings. The molecule has 2 N–H and O–H groups in total. The standard InChI is InChI=1S/C14H24O2/c1-12(2)8-11-10(12)4-7-13(9-15)5-3-6-14(11,13)16/h10-11,15-16H,3-9H2,1-2H3/t10-,11-,13-,14-/m1/s1. The van der Waals surface area contributed by atoms with Gasteiger partial charge >= 0.3 is 0 Å². The Labute approximate surface area is 98.1 Å². The maximum Gasteiger partial charge on any atom is 0.0756 e. The molecule has 0 amide bonds. The Hall–Kier alpha value is -0.0800. The normalized spacial score (nSPS) is 54.0. The number of rotatable bonds is 1. The van der Waals surface area contributed by atoms with Crippen LogP contribution in [0.5, 0.6) is 0 Å². The van der Waals surface area contributed by atoms with Crippen molar-refractivity contribution in [1.82, 2.24) is 0 Å². The Morgan fingerprint density at radius 1 is 1.12 bits per heavy atom. The van der Waals surface area contributed by atoms with E-state index in [0.717, 1.165) is 32.1 Å². The molecule has 0 spiro atoms. The molecule has 16 heavy (non-hydrogen) atoms. The third kappa shape index (κ3) is 1.06. The SMILES string of the molecule is CC1(C)C[C@@H]2[C@H]1CC[C@@]1(CO)CCC[C@@]21O. The van der Waals surface area contributed by atoms with Gasteiger partial charge in [0.25, 0.3) is 0 Å². The van der Waals surface area contributed by atoms with Crippen LogP contribution in [0.15, 0.2) is 0 Å². The van der Waals surface area contributed by atoms with Gasteiger partial charge in [0.2, 0.25) is 0 Å². The van der Waals surface area contributed by atoms with Crippen LogP contribution >= 0.6 is 0 Å². The highest BCUT2D eigenvalue weighted by Gasteiger charge is 2.67. The highest BCUT2D eigenvalue weighted by Crippen LogP contribution is 2.68. The Balaban J connectivity index is 1.93. The Morgan fingerprint density at radius 3 is 2.50 bits per heavy atom. The summed E-state index contributed by atoms with van der Waals surface area (Å²) in [6.45, 7) is 4.85. The monoisotopic (exact) mass is 224 g/mol. The van der Waals surface area contributed by atoms with Gasteiger partial charge in [-0.2, -0.15) is 0 Å². The molecular formula is C14H24O2. The van der Waals surface area contributed by atoms with Gasteiger partial charge in [0.15, 0.2) is 0 Å². The number of hydrogen-bond donors (Lipinski definition) is 2. The Morgan fingerprint density at radius 2 is 1.88 bits per heavy atom. The molecule has 0 aromatic rings. The van der Waals surface area contributed by atoms with Crippen LogP contribution in [0.4, 0.5) is 0 Å². The molecule has 0 aliphatic heterocycles. The van der Waals surface area contributed by atoms with Crippen molar-refractivity contribution in [3.63, 3.8) is 0 Å². The second-order valence-corrected chi connectivity index (χ2v) is 7.16. The van der Waals surface area contributed by atoms with Crippen LogP contribution in [0.25, 0.3) is 0 Å². The van der Waals surface area contributed by atoms with Crippen molar-refractivity contribution in [2.45, 2.75) is 58.0 Å². The molecule has 0 radical (unpaired) electrons. The first-order chi connectivity index (χ1) is 7.45. The summed E-state index contributed by atoms with van der Waals surface area (Å²) in [5, 5.41) is 20.7. The number of aliphatic hydroxyl groups excluding tert-OH is 1. The van der Waals surface area contributed by atoms with Crippen LogP contribution in [0.3, 0.4) is 0 Å². The van der Waals surface area contributed by atoms with Crippen molar-refractivity contribution in [2.75, 3.05) is 6.61 Å². The van der Waals surface area contributed by atoms with Gasteiger partial charge in [-0.3, -0.25) is 0 Å². The van der Waals surface area contributed by atoms with Crippen LogP contribution in [0.1, 0.15) is 52.4 Å². The van der Waals surface area contributed by atoms with Crippen molar-refractivity contribution in [2.24, 2.45) is 22.7 Å². The van der Waals surface area contributed by atoms with E-state index in [-0.39, 0.29) is 12.0 Å². The van der Waals surface area contributed by atoms with Crippen LogP contribution in [-0.4, -0.2) is 22.4 Å². The minimum atomic E-state index is -0.541. The van der Waals surface area contributed by atoms with E-state index in [2.05, 4.69) is 13.8 Å². The Kier molecular flexibility index (Phi) is 2.09. The van der Waals surface area contributed by atoms with Gasteiger partial charge in [-0.05, 0) is 55.8 Å². The summed E-state index contributed by atoms with van der Waals surface area (Å²) in [7, 11) is 0. The molecule has 0 heterocycles. The zero-order chi connectivity index (χ0) is 11.6. The van der Waals surface area contributed by atoms with Gasteiger partial charge in [0.05, 0.1) is 12.2 Å². The number of hydrogen-bond acceptors (Lipinski definition) is 2. The largest absolute Gasteiger partial charge is 0.396 e. The lowest BCUT2D eigenvalue weighted by Gasteiger charge is -2.64. The van der Waals surface area contributed by atoms with Crippen molar-refractivity contribution >= 4 is 0 Å². The summed E-state index contributed by atoms with van der Waals surface area (Å²) < 4.78 is 0. The molecule has 3 aliphatic carbocycles. The lowest BCUT2D eigenvalue weighted by Crippen LogP contribution is -2.65. The third-order valence-corrected chi connectivity index (χ3v) is 6.22.